The van der Waals surface area contributed by atoms with E-state index in [2.05, 4.69) is 17.9 Å². The quantitative estimate of drug-likeness (QED) is 0.826. The molecule has 0 spiro atoms. The molecule has 1 unspecified atom stereocenters. The zero-order valence-electron chi connectivity index (χ0n) is 9.62. The van der Waals surface area contributed by atoms with Crippen molar-refractivity contribution in [2.24, 2.45) is 5.73 Å². The zero-order chi connectivity index (χ0) is 10.8. The summed E-state index contributed by atoms with van der Waals surface area (Å²) in [4.78, 5) is 2.51. The van der Waals surface area contributed by atoms with Gasteiger partial charge in [-0.2, -0.15) is 0 Å². The fourth-order valence-electron chi connectivity index (χ4n) is 2.29. The Kier molecular flexibility index (Phi) is 3.12. The van der Waals surface area contributed by atoms with Gasteiger partial charge in [-0.05, 0) is 39.3 Å². The van der Waals surface area contributed by atoms with Crippen LogP contribution in [0.4, 0.5) is 0 Å². The Morgan fingerprint density at radius 1 is 1.60 bits per heavy atom. The van der Waals surface area contributed by atoms with Gasteiger partial charge in [0, 0.05) is 18.2 Å². The van der Waals surface area contributed by atoms with Gasteiger partial charge in [-0.1, -0.05) is 0 Å². The largest absolute Gasteiger partial charge is 0.465 e. The SMILES string of the molecule is Cc1oc(CN)cc1CN1CCCC1C. The third-order valence-corrected chi connectivity index (χ3v) is 3.34. The molecule has 2 N–H and O–H groups in total. The molecule has 2 rings (SSSR count). The van der Waals surface area contributed by atoms with E-state index < -0.39 is 0 Å². The Morgan fingerprint density at radius 3 is 2.93 bits per heavy atom. The maximum atomic E-state index is 5.56. The van der Waals surface area contributed by atoms with Crippen LogP contribution in [0.25, 0.3) is 0 Å². The normalized spacial score (nSPS) is 22.5. The van der Waals surface area contributed by atoms with Crippen molar-refractivity contribution >= 4 is 0 Å². The second-order valence-corrected chi connectivity index (χ2v) is 4.46. The molecule has 1 aliphatic rings. The Labute approximate surface area is 91.2 Å². The molecular weight excluding hydrogens is 188 g/mol. The number of hydrogen-bond acceptors (Lipinski definition) is 3. The van der Waals surface area contributed by atoms with E-state index in [4.69, 9.17) is 10.2 Å². The van der Waals surface area contributed by atoms with Crippen LogP contribution in [0, 0.1) is 6.92 Å². The summed E-state index contributed by atoms with van der Waals surface area (Å²) in [6.07, 6.45) is 2.64. The second-order valence-electron chi connectivity index (χ2n) is 4.46. The van der Waals surface area contributed by atoms with Gasteiger partial charge < -0.3 is 10.2 Å². The summed E-state index contributed by atoms with van der Waals surface area (Å²) >= 11 is 0. The Hall–Kier alpha value is -0.800. The van der Waals surface area contributed by atoms with Crippen LogP contribution in [0.2, 0.25) is 0 Å². The summed E-state index contributed by atoms with van der Waals surface area (Å²) in [5.41, 5.74) is 6.86. The van der Waals surface area contributed by atoms with E-state index in [0.717, 1.165) is 18.1 Å². The number of likely N-dealkylation sites (tertiary alicyclic amines) is 1. The van der Waals surface area contributed by atoms with Gasteiger partial charge in [0.05, 0.1) is 6.54 Å². The number of furan rings is 1. The lowest BCUT2D eigenvalue weighted by atomic mass is 10.2. The smallest absolute Gasteiger partial charge is 0.118 e. The van der Waals surface area contributed by atoms with Crippen LogP contribution in [0.15, 0.2) is 10.5 Å². The minimum Gasteiger partial charge on any atom is -0.465 e. The first-order valence-corrected chi connectivity index (χ1v) is 5.73. The van der Waals surface area contributed by atoms with E-state index in [1.165, 1.54) is 24.9 Å². The lowest BCUT2D eigenvalue weighted by Gasteiger charge is -2.20. The highest BCUT2D eigenvalue weighted by Crippen LogP contribution is 2.22. The molecule has 0 bridgehead atoms. The first-order chi connectivity index (χ1) is 7.20. The molecule has 84 valence electrons. The molecule has 1 aromatic rings. The summed E-state index contributed by atoms with van der Waals surface area (Å²) in [7, 11) is 0. The maximum Gasteiger partial charge on any atom is 0.118 e. The van der Waals surface area contributed by atoms with Crippen LogP contribution in [0.5, 0.6) is 0 Å². The average Bonchev–Trinajstić information content (AvgIpc) is 2.76. The Morgan fingerprint density at radius 2 is 2.40 bits per heavy atom. The number of rotatable bonds is 3. The summed E-state index contributed by atoms with van der Waals surface area (Å²) in [5.74, 6) is 1.92. The molecule has 1 aromatic heterocycles. The zero-order valence-corrected chi connectivity index (χ0v) is 9.62. The number of aryl methyl sites for hydroxylation is 1. The van der Waals surface area contributed by atoms with Crippen molar-refractivity contribution in [3.63, 3.8) is 0 Å². The maximum absolute atomic E-state index is 5.56. The van der Waals surface area contributed by atoms with Gasteiger partial charge in [0.25, 0.3) is 0 Å². The summed E-state index contributed by atoms with van der Waals surface area (Å²) in [5, 5.41) is 0. The summed E-state index contributed by atoms with van der Waals surface area (Å²) < 4.78 is 5.56. The van der Waals surface area contributed by atoms with Gasteiger partial charge in [-0.25, -0.2) is 0 Å². The molecule has 0 aliphatic carbocycles. The van der Waals surface area contributed by atoms with Gasteiger partial charge in [-0.15, -0.1) is 0 Å². The topological polar surface area (TPSA) is 42.4 Å². The van der Waals surface area contributed by atoms with Crippen LogP contribution >= 0.6 is 0 Å². The van der Waals surface area contributed by atoms with Gasteiger partial charge in [0.15, 0.2) is 0 Å². The first kappa shape index (κ1) is 10.7. The van der Waals surface area contributed by atoms with Crippen molar-refractivity contribution in [1.29, 1.82) is 0 Å². The van der Waals surface area contributed by atoms with Crippen molar-refractivity contribution in [2.75, 3.05) is 6.54 Å². The molecule has 3 nitrogen and oxygen atoms in total. The second kappa shape index (κ2) is 4.37. The third kappa shape index (κ3) is 2.24. The van der Waals surface area contributed by atoms with E-state index in [1.54, 1.807) is 0 Å². The van der Waals surface area contributed by atoms with E-state index in [0.29, 0.717) is 12.6 Å². The minimum atomic E-state index is 0.496. The van der Waals surface area contributed by atoms with Gasteiger partial charge in [0.1, 0.15) is 11.5 Å². The molecule has 0 amide bonds. The molecule has 1 aliphatic heterocycles. The molecule has 15 heavy (non-hydrogen) atoms. The van der Waals surface area contributed by atoms with Crippen LogP contribution in [-0.4, -0.2) is 17.5 Å². The van der Waals surface area contributed by atoms with Crippen molar-refractivity contribution < 1.29 is 4.42 Å². The van der Waals surface area contributed by atoms with E-state index in [1.807, 2.05) is 6.92 Å². The third-order valence-electron chi connectivity index (χ3n) is 3.34. The average molecular weight is 208 g/mol. The van der Waals surface area contributed by atoms with Crippen LogP contribution in [-0.2, 0) is 13.1 Å². The molecule has 1 fully saturated rings. The standard InChI is InChI=1S/C12H20N2O/c1-9-4-3-5-14(9)8-11-6-12(7-13)15-10(11)2/h6,9H,3-5,7-8,13H2,1-2H3. The molecule has 0 radical (unpaired) electrons. The Balaban J connectivity index is 2.06. The lowest BCUT2D eigenvalue weighted by molar-refractivity contribution is 0.258. The number of nitrogens with two attached hydrogens (primary N) is 1. The fraction of sp³-hybridized carbons (Fsp3) is 0.667. The van der Waals surface area contributed by atoms with Gasteiger partial charge in [0.2, 0.25) is 0 Å². The highest BCUT2D eigenvalue weighted by molar-refractivity contribution is 5.20. The predicted molar refractivity (Wildman–Crippen MR) is 60.4 cm³/mol. The van der Waals surface area contributed by atoms with Gasteiger partial charge in [-0.3, -0.25) is 4.90 Å². The van der Waals surface area contributed by atoms with Crippen molar-refractivity contribution in [2.45, 2.75) is 45.8 Å². The predicted octanol–water partition coefficient (Wildman–Crippen LogP) is 2.03. The molecule has 2 heterocycles. The molecule has 1 saturated heterocycles. The minimum absolute atomic E-state index is 0.496. The first-order valence-electron chi connectivity index (χ1n) is 5.73. The number of nitrogens with zero attached hydrogens (tertiary/aromatic N) is 1. The molecule has 0 saturated carbocycles. The highest BCUT2D eigenvalue weighted by Gasteiger charge is 2.21. The monoisotopic (exact) mass is 208 g/mol. The van der Waals surface area contributed by atoms with Crippen molar-refractivity contribution in [3.05, 3.63) is 23.2 Å². The Bertz CT molecular complexity index is 332. The van der Waals surface area contributed by atoms with Crippen LogP contribution in [0.1, 0.15) is 36.8 Å². The lowest BCUT2D eigenvalue weighted by Crippen LogP contribution is -2.26. The molecule has 3 heteroatoms. The summed E-state index contributed by atoms with van der Waals surface area (Å²) in [6.45, 7) is 7.04. The van der Waals surface area contributed by atoms with E-state index in [9.17, 15) is 0 Å². The van der Waals surface area contributed by atoms with Crippen LogP contribution < -0.4 is 5.73 Å². The highest BCUT2D eigenvalue weighted by atomic mass is 16.3. The molecular formula is C12H20N2O. The summed E-state index contributed by atoms with van der Waals surface area (Å²) in [6, 6.07) is 2.81. The van der Waals surface area contributed by atoms with E-state index in [-0.39, 0.29) is 0 Å². The molecule has 1 atom stereocenters. The molecule has 0 aromatic carbocycles. The van der Waals surface area contributed by atoms with Crippen molar-refractivity contribution in [1.82, 2.24) is 4.90 Å². The van der Waals surface area contributed by atoms with Crippen LogP contribution in [0.3, 0.4) is 0 Å². The number of hydrogen-bond donors (Lipinski definition) is 1. The van der Waals surface area contributed by atoms with E-state index >= 15 is 0 Å². The van der Waals surface area contributed by atoms with Gasteiger partial charge >= 0.3 is 0 Å². The van der Waals surface area contributed by atoms with Crippen molar-refractivity contribution in [3.8, 4) is 0 Å². The fourth-order valence-corrected chi connectivity index (χ4v) is 2.29.